The Morgan fingerprint density at radius 3 is 2.11 bits per heavy atom. The topological polar surface area (TPSA) is 26.3 Å². The van der Waals surface area contributed by atoms with Gasteiger partial charge in [-0.05, 0) is 5.92 Å². The molecule has 2 nitrogen and oxygen atoms in total. The molecule has 0 aromatic carbocycles. The second-order valence-electron chi connectivity index (χ2n) is 2.18. The van der Waals surface area contributed by atoms with Crippen molar-refractivity contribution in [1.82, 2.24) is 0 Å². The van der Waals surface area contributed by atoms with Gasteiger partial charge in [0.2, 0.25) is 0 Å². The third-order valence-corrected chi connectivity index (χ3v) is 1.37. The Kier molecular flexibility index (Phi) is 5.27. The summed E-state index contributed by atoms with van der Waals surface area (Å²) >= 11 is 0. The lowest BCUT2D eigenvalue weighted by Crippen LogP contribution is -1.68. The van der Waals surface area contributed by atoms with Gasteiger partial charge in [-0.3, -0.25) is 4.79 Å². The van der Waals surface area contributed by atoms with Gasteiger partial charge in [0.15, 0.2) is 0 Å². The number of carbonyl (C=O) groups excluding carboxylic acids is 1. The second kappa shape index (κ2) is 5.60. The van der Waals surface area contributed by atoms with Crippen LogP contribution in [0.15, 0.2) is 0 Å². The Labute approximate surface area is 56.2 Å². The van der Waals surface area contributed by atoms with E-state index in [4.69, 9.17) is 4.79 Å². The summed E-state index contributed by atoms with van der Waals surface area (Å²) in [6.07, 6.45) is 4.44. The lowest BCUT2D eigenvalue weighted by Gasteiger charge is -1.72. The lowest BCUT2D eigenvalue weighted by atomic mass is 10.3. The molecule has 0 atom stereocenters. The molecule has 1 aliphatic carbocycles. The van der Waals surface area contributed by atoms with Crippen LogP contribution < -0.4 is 0 Å². The molecule has 0 aromatic rings. The Balaban J connectivity index is 0.000000148. The minimum atomic E-state index is 0.375. The van der Waals surface area contributed by atoms with Crippen molar-refractivity contribution in [2.24, 2.45) is 5.92 Å². The Bertz CT molecular complexity index is 67.3. The molecule has 0 unspecified atom stereocenters. The first-order chi connectivity index (χ1) is 4.35. The van der Waals surface area contributed by atoms with Crippen molar-refractivity contribution < 1.29 is 9.53 Å². The van der Waals surface area contributed by atoms with Crippen LogP contribution in [0, 0.1) is 5.92 Å². The van der Waals surface area contributed by atoms with Crippen LogP contribution in [0.5, 0.6) is 0 Å². The summed E-state index contributed by atoms with van der Waals surface area (Å²) in [6, 6.07) is 0. The molecule has 0 N–H and O–H groups in total. The molecule has 2 heteroatoms. The summed E-state index contributed by atoms with van der Waals surface area (Å²) < 4.78 is 3.86. The van der Waals surface area contributed by atoms with Crippen molar-refractivity contribution in [3.63, 3.8) is 0 Å². The lowest BCUT2D eigenvalue weighted by molar-refractivity contribution is -0.126. The molecule has 0 aromatic heterocycles. The van der Waals surface area contributed by atoms with Gasteiger partial charge >= 0.3 is 0 Å². The molecule has 1 aliphatic rings. The molecular weight excluding hydrogens is 116 g/mol. The van der Waals surface area contributed by atoms with Crippen molar-refractivity contribution in [1.29, 1.82) is 0 Å². The van der Waals surface area contributed by atoms with Crippen LogP contribution in [0.1, 0.15) is 26.2 Å². The van der Waals surface area contributed by atoms with Gasteiger partial charge in [0, 0.05) is 0 Å². The van der Waals surface area contributed by atoms with Crippen LogP contribution in [0.25, 0.3) is 0 Å². The molecule has 0 amide bonds. The number of rotatable bonds is 2. The Morgan fingerprint density at radius 2 is 2.11 bits per heavy atom. The highest BCUT2D eigenvalue weighted by Gasteiger charge is 2.17. The third kappa shape index (κ3) is 7.47. The Morgan fingerprint density at radius 1 is 1.67 bits per heavy atom. The van der Waals surface area contributed by atoms with Crippen LogP contribution in [-0.4, -0.2) is 13.6 Å². The van der Waals surface area contributed by atoms with Crippen LogP contribution >= 0.6 is 0 Å². The number of carbonyl (C=O) groups is 1. The quantitative estimate of drug-likeness (QED) is 0.531. The molecule has 0 radical (unpaired) electrons. The van der Waals surface area contributed by atoms with E-state index in [1.807, 2.05) is 0 Å². The summed E-state index contributed by atoms with van der Waals surface area (Å²) in [5.74, 6) is 1.13. The fraction of sp³-hybridized carbons (Fsp3) is 0.857. The molecule has 0 bridgehead atoms. The summed E-state index contributed by atoms with van der Waals surface area (Å²) in [7, 11) is 1.31. The number of hydrogen-bond donors (Lipinski definition) is 0. The van der Waals surface area contributed by atoms with Crippen molar-refractivity contribution in [2.75, 3.05) is 7.11 Å². The molecule has 1 fully saturated rings. The summed E-state index contributed by atoms with van der Waals surface area (Å²) in [5, 5.41) is 0. The number of hydrogen-bond acceptors (Lipinski definition) is 2. The van der Waals surface area contributed by atoms with Crippen molar-refractivity contribution in [3.8, 4) is 0 Å². The van der Waals surface area contributed by atoms with Crippen molar-refractivity contribution >= 4 is 6.47 Å². The van der Waals surface area contributed by atoms with Crippen molar-refractivity contribution in [2.45, 2.75) is 26.2 Å². The largest absolute Gasteiger partial charge is 0.471 e. The van der Waals surface area contributed by atoms with Gasteiger partial charge in [0.1, 0.15) is 0 Å². The molecule has 0 spiro atoms. The van der Waals surface area contributed by atoms with Crippen LogP contribution in [0.4, 0.5) is 0 Å². The highest BCUT2D eigenvalue weighted by molar-refractivity contribution is 5.36. The highest BCUT2D eigenvalue weighted by atomic mass is 16.5. The SMILES string of the molecule is CCC1CC1.COC=O. The first-order valence-electron chi connectivity index (χ1n) is 3.31. The van der Waals surface area contributed by atoms with E-state index in [2.05, 4.69) is 11.7 Å². The van der Waals surface area contributed by atoms with Gasteiger partial charge < -0.3 is 4.74 Å². The maximum Gasteiger partial charge on any atom is 0.292 e. The van der Waals surface area contributed by atoms with Gasteiger partial charge in [0.05, 0.1) is 7.11 Å². The van der Waals surface area contributed by atoms with E-state index < -0.39 is 0 Å². The second-order valence-corrected chi connectivity index (χ2v) is 2.18. The minimum absolute atomic E-state index is 0.375. The molecule has 9 heavy (non-hydrogen) atoms. The molecular formula is C7H14O2. The molecule has 0 aliphatic heterocycles. The molecule has 0 heterocycles. The van der Waals surface area contributed by atoms with Crippen molar-refractivity contribution in [3.05, 3.63) is 0 Å². The van der Waals surface area contributed by atoms with Crippen LogP contribution in [0.2, 0.25) is 0 Å². The zero-order valence-corrected chi connectivity index (χ0v) is 6.09. The zero-order chi connectivity index (χ0) is 7.11. The molecule has 1 saturated carbocycles. The number of methoxy groups -OCH3 is 1. The first-order valence-corrected chi connectivity index (χ1v) is 3.31. The van der Waals surface area contributed by atoms with E-state index in [0.717, 1.165) is 5.92 Å². The van der Waals surface area contributed by atoms with Gasteiger partial charge in [-0.1, -0.05) is 26.2 Å². The maximum atomic E-state index is 8.95. The summed E-state index contributed by atoms with van der Waals surface area (Å²) in [4.78, 5) is 8.95. The average molecular weight is 130 g/mol. The monoisotopic (exact) mass is 130 g/mol. The van der Waals surface area contributed by atoms with E-state index in [9.17, 15) is 0 Å². The maximum absolute atomic E-state index is 8.95. The van der Waals surface area contributed by atoms with E-state index in [1.165, 1.54) is 26.4 Å². The average Bonchev–Trinajstić information content (AvgIpc) is 2.70. The molecule has 54 valence electrons. The highest BCUT2D eigenvalue weighted by Crippen LogP contribution is 2.31. The third-order valence-electron chi connectivity index (χ3n) is 1.37. The normalized spacial score (nSPS) is 15.3. The smallest absolute Gasteiger partial charge is 0.292 e. The van der Waals surface area contributed by atoms with E-state index in [0.29, 0.717) is 6.47 Å². The van der Waals surface area contributed by atoms with Crippen LogP contribution in [-0.2, 0) is 9.53 Å². The van der Waals surface area contributed by atoms with Gasteiger partial charge in [-0.2, -0.15) is 0 Å². The number of ether oxygens (including phenoxy) is 1. The summed E-state index contributed by atoms with van der Waals surface area (Å²) in [6.45, 7) is 2.64. The predicted octanol–water partition coefficient (Wildman–Crippen LogP) is 1.60. The molecule has 0 saturated heterocycles. The Hall–Kier alpha value is -0.530. The predicted molar refractivity (Wildman–Crippen MR) is 36.1 cm³/mol. The van der Waals surface area contributed by atoms with Gasteiger partial charge in [-0.15, -0.1) is 0 Å². The molecule has 1 rings (SSSR count). The first kappa shape index (κ1) is 8.47. The summed E-state index contributed by atoms with van der Waals surface area (Å²) in [5.41, 5.74) is 0. The van der Waals surface area contributed by atoms with Gasteiger partial charge in [0.25, 0.3) is 6.47 Å². The van der Waals surface area contributed by atoms with Gasteiger partial charge in [-0.25, -0.2) is 0 Å². The fourth-order valence-corrected chi connectivity index (χ4v) is 0.526. The minimum Gasteiger partial charge on any atom is -0.471 e. The van der Waals surface area contributed by atoms with Crippen LogP contribution in [0.3, 0.4) is 0 Å². The standard InChI is InChI=1S/C5H10.C2H4O2/c1-2-5-3-4-5;1-4-2-3/h5H,2-4H2,1H3;2H,1H3. The van der Waals surface area contributed by atoms with E-state index in [-0.39, 0.29) is 0 Å². The van der Waals surface area contributed by atoms with E-state index >= 15 is 0 Å². The zero-order valence-electron chi connectivity index (χ0n) is 6.09. The fourth-order valence-electron chi connectivity index (χ4n) is 0.526. The van der Waals surface area contributed by atoms with E-state index in [1.54, 1.807) is 0 Å².